The van der Waals surface area contributed by atoms with Crippen molar-refractivity contribution < 1.29 is 27.5 Å². The topological polar surface area (TPSA) is 90.0 Å². The molecule has 7 nitrogen and oxygen atoms in total. The summed E-state index contributed by atoms with van der Waals surface area (Å²) in [5.41, 5.74) is 0.363. The highest BCUT2D eigenvalue weighted by molar-refractivity contribution is 7.89. The van der Waals surface area contributed by atoms with Gasteiger partial charge in [-0.2, -0.15) is 4.31 Å². The highest BCUT2D eigenvalue weighted by atomic mass is 32.2. The zero-order valence-corrected chi connectivity index (χ0v) is 19.5. The molecule has 0 unspecified atom stereocenters. The Balaban J connectivity index is 1.91. The first-order valence-electron chi connectivity index (χ1n) is 10.2. The van der Waals surface area contributed by atoms with E-state index >= 15 is 0 Å². The molecule has 1 saturated heterocycles. The lowest BCUT2D eigenvalue weighted by Gasteiger charge is -2.30. The Morgan fingerprint density at radius 2 is 1.53 bits per heavy atom. The summed E-state index contributed by atoms with van der Waals surface area (Å²) in [5, 5.41) is 0. The highest BCUT2D eigenvalue weighted by Gasteiger charge is 2.33. The smallest absolute Gasteiger partial charge is 0.344 e. The monoisotopic (exact) mass is 439 g/mol. The number of carbonyl (C=O) groups excluding carboxylic acids is 2. The Morgan fingerprint density at radius 1 is 1.00 bits per heavy atom. The van der Waals surface area contributed by atoms with Crippen molar-refractivity contribution in [2.45, 2.75) is 70.3 Å². The van der Waals surface area contributed by atoms with Crippen molar-refractivity contribution in [1.29, 1.82) is 0 Å². The van der Waals surface area contributed by atoms with Gasteiger partial charge in [0.1, 0.15) is 5.60 Å². The lowest BCUT2D eigenvalue weighted by Crippen LogP contribution is -2.41. The minimum atomic E-state index is -3.61. The van der Waals surface area contributed by atoms with Crippen LogP contribution in [0.4, 0.5) is 0 Å². The number of sulfonamides is 1. The number of hydrogen-bond donors (Lipinski definition) is 0. The molecule has 1 heterocycles. The van der Waals surface area contributed by atoms with Gasteiger partial charge in [0.05, 0.1) is 10.8 Å². The van der Waals surface area contributed by atoms with E-state index in [1.165, 1.54) is 4.31 Å². The molecule has 0 spiro atoms. The van der Waals surface area contributed by atoms with Crippen LogP contribution in [-0.4, -0.2) is 50.0 Å². The van der Waals surface area contributed by atoms with E-state index in [1.807, 2.05) is 12.1 Å². The molecule has 1 aliphatic rings. The number of ether oxygens (including phenoxy) is 2. The van der Waals surface area contributed by atoms with E-state index in [4.69, 9.17) is 9.47 Å². The van der Waals surface area contributed by atoms with Crippen LogP contribution in [0.15, 0.2) is 29.2 Å². The molecule has 1 aromatic carbocycles. The fourth-order valence-corrected chi connectivity index (χ4v) is 4.70. The van der Waals surface area contributed by atoms with Crippen molar-refractivity contribution >= 4 is 22.0 Å². The fourth-order valence-electron chi connectivity index (χ4n) is 3.23. The summed E-state index contributed by atoms with van der Waals surface area (Å²) in [7, 11) is -3.61. The maximum Gasteiger partial charge on any atom is 0.344 e. The van der Waals surface area contributed by atoms with Crippen LogP contribution in [0.3, 0.4) is 0 Å². The maximum atomic E-state index is 12.9. The van der Waals surface area contributed by atoms with Crippen molar-refractivity contribution in [3.05, 3.63) is 29.8 Å². The summed E-state index contributed by atoms with van der Waals surface area (Å²) < 4.78 is 37.4. The molecule has 0 N–H and O–H groups in total. The Kier molecular flexibility index (Phi) is 7.35. The standard InChI is InChI=1S/C22H33NO6S/c1-21(2,3)17-7-9-18(10-8-17)30(26,27)23-13-11-16(12-14-23)20(25)28-15-19(24)29-22(4,5)6/h7-10,16H,11-15H2,1-6H3. The van der Waals surface area contributed by atoms with Crippen LogP contribution in [0.1, 0.15) is 59.9 Å². The molecule has 1 aromatic rings. The normalized spacial score (nSPS) is 16.9. The number of hydrogen-bond acceptors (Lipinski definition) is 6. The molecule has 0 saturated carbocycles. The minimum absolute atomic E-state index is 0.0553. The van der Waals surface area contributed by atoms with Crippen molar-refractivity contribution in [3.63, 3.8) is 0 Å². The van der Waals surface area contributed by atoms with Crippen LogP contribution < -0.4 is 0 Å². The van der Waals surface area contributed by atoms with Gasteiger partial charge in [-0.1, -0.05) is 32.9 Å². The van der Waals surface area contributed by atoms with Crippen LogP contribution in [0.5, 0.6) is 0 Å². The van der Waals surface area contributed by atoms with E-state index in [-0.39, 0.29) is 23.4 Å². The molecule has 0 bridgehead atoms. The van der Waals surface area contributed by atoms with Crippen LogP contribution in [0.2, 0.25) is 0 Å². The van der Waals surface area contributed by atoms with Crippen LogP contribution in [0.25, 0.3) is 0 Å². The van der Waals surface area contributed by atoms with Crippen LogP contribution >= 0.6 is 0 Å². The van der Waals surface area contributed by atoms with Gasteiger partial charge in [-0.25, -0.2) is 13.2 Å². The van der Waals surface area contributed by atoms with E-state index in [0.29, 0.717) is 12.8 Å². The Morgan fingerprint density at radius 3 is 2.00 bits per heavy atom. The number of carbonyl (C=O) groups is 2. The fraction of sp³-hybridized carbons (Fsp3) is 0.636. The summed E-state index contributed by atoms with van der Waals surface area (Å²) in [5.74, 6) is -1.52. The summed E-state index contributed by atoms with van der Waals surface area (Å²) in [6, 6.07) is 6.95. The first kappa shape index (κ1) is 24.3. The lowest BCUT2D eigenvalue weighted by molar-refractivity contribution is -0.168. The number of piperidine rings is 1. The molecule has 0 amide bonds. The van der Waals surface area contributed by atoms with Gasteiger partial charge < -0.3 is 9.47 Å². The number of rotatable bonds is 5. The number of nitrogens with zero attached hydrogens (tertiary/aromatic N) is 1. The Labute approximate surface area is 179 Å². The van der Waals surface area contributed by atoms with Gasteiger partial charge in [-0.15, -0.1) is 0 Å². The first-order chi connectivity index (χ1) is 13.7. The molecule has 168 valence electrons. The average molecular weight is 440 g/mol. The molecule has 8 heteroatoms. The molecule has 0 radical (unpaired) electrons. The maximum absolute atomic E-state index is 12.9. The molecule has 30 heavy (non-hydrogen) atoms. The van der Waals surface area contributed by atoms with Gasteiger partial charge in [0.2, 0.25) is 10.0 Å². The Bertz CT molecular complexity index is 854. The quantitative estimate of drug-likeness (QED) is 0.654. The molecule has 2 rings (SSSR count). The zero-order chi connectivity index (χ0) is 22.7. The van der Waals surface area contributed by atoms with E-state index < -0.39 is 40.1 Å². The van der Waals surface area contributed by atoms with Crippen molar-refractivity contribution in [1.82, 2.24) is 4.31 Å². The van der Waals surface area contributed by atoms with Gasteiger partial charge in [-0.3, -0.25) is 4.79 Å². The second-order valence-corrected chi connectivity index (χ2v) is 11.6. The predicted octanol–water partition coefficient (Wildman–Crippen LogP) is 3.27. The molecule has 1 aliphatic heterocycles. The zero-order valence-electron chi connectivity index (χ0n) is 18.7. The number of benzene rings is 1. The SMILES string of the molecule is CC(C)(C)OC(=O)COC(=O)C1CCN(S(=O)(=O)c2ccc(C(C)(C)C)cc2)CC1. The molecule has 1 fully saturated rings. The summed E-state index contributed by atoms with van der Waals surface area (Å²) in [6.45, 7) is 11.5. The number of esters is 2. The molecule has 0 aliphatic carbocycles. The van der Waals surface area contributed by atoms with E-state index in [9.17, 15) is 18.0 Å². The van der Waals surface area contributed by atoms with Crippen molar-refractivity contribution in [2.75, 3.05) is 19.7 Å². The van der Waals surface area contributed by atoms with Crippen molar-refractivity contribution in [3.8, 4) is 0 Å². The minimum Gasteiger partial charge on any atom is -0.457 e. The average Bonchev–Trinajstić information content (AvgIpc) is 2.64. The largest absolute Gasteiger partial charge is 0.457 e. The molecule has 0 atom stereocenters. The Hall–Kier alpha value is -1.93. The van der Waals surface area contributed by atoms with Gasteiger partial charge in [0, 0.05) is 13.1 Å². The third kappa shape index (κ3) is 6.54. The predicted molar refractivity (Wildman–Crippen MR) is 113 cm³/mol. The second kappa shape index (κ2) is 9.06. The van der Waals surface area contributed by atoms with Crippen molar-refractivity contribution in [2.24, 2.45) is 5.92 Å². The van der Waals surface area contributed by atoms with E-state index in [0.717, 1.165) is 5.56 Å². The van der Waals surface area contributed by atoms with Gasteiger partial charge in [0.15, 0.2) is 6.61 Å². The van der Waals surface area contributed by atoms with E-state index in [2.05, 4.69) is 20.8 Å². The third-order valence-corrected chi connectivity index (χ3v) is 6.81. The first-order valence-corrected chi connectivity index (χ1v) is 11.6. The van der Waals surface area contributed by atoms with Crippen LogP contribution in [0, 0.1) is 5.92 Å². The summed E-state index contributed by atoms with van der Waals surface area (Å²) >= 11 is 0. The van der Waals surface area contributed by atoms with Gasteiger partial charge in [0.25, 0.3) is 0 Å². The highest BCUT2D eigenvalue weighted by Crippen LogP contribution is 2.27. The van der Waals surface area contributed by atoms with E-state index in [1.54, 1.807) is 32.9 Å². The second-order valence-electron chi connectivity index (χ2n) is 9.65. The lowest BCUT2D eigenvalue weighted by atomic mass is 9.87. The van der Waals surface area contributed by atoms with Crippen LogP contribution in [-0.2, 0) is 34.5 Å². The molecule has 0 aromatic heterocycles. The van der Waals surface area contributed by atoms with Gasteiger partial charge in [-0.05, 0) is 56.7 Å². The third-order valence-electron chi connectivity index (χ3n) is 4.90. The summed E-state index contributed by atoms with van der Waals surface area (Å²) in [4.78, 5) is 24.2. The summed E-state index contributed by atoms with van der Waals surface area (Å²) in [6.07, 6.45) is 0.707. The van der Waals surface area contributed by atoms with Gasteiger partial charge >= 0.3 is 11.9 Å². The molecular formula is C22H33NO6S. The molecular weight excluding hydrogens is 406 g/mol.